The molecule has 0 saturated carbocycles. The van der Waals surface area contributed by atoms with Gasteiger partial charge in [-0.15, -0.1) is 0 Å². The number of hydrogen-bond donors (Lipinski definition) is 0. The molecule has 0 amide bonds. The van der Waals surface area contributed by atoms with Crippen molar-refractivity contribution in [3.63, 3.8) is 0 Å². The normalized spacial score (nSPS) is 25.5. The van der Waals surface area contributed by atoms with Crippen LogP contribution in [-0.4, -0.2) is 17.7 Å². The molecule has 0 spiro atoms. The summed E-state index contributed by atoms with van der Waals surface area (Å²) in [4.78, 5) is 15.3. The standard InChI is InChI=1S/C21H25NO/c1-3-10-18-20(23)15-19(16-11-6-4-7-12-16)22(2)21(18)17-13-8-5-9-14-17/h4-9,11-14,18-19,21H,3,10,15H2,1-2H3/t18-,19-,21-/m1/s1. The van der Waals surface area contributed by atoms with Crippen molar-refractivity contribution in [1.82, 2.24) is 4.90 Å². The second kappa shape index (κ2) is 7.10. The van der Waals surface area contributed by atoms with Gasteiger partial charge in [0.25, 0.3) is 0 Å². The van der Waals surface area contributed by atoms with E-state index < -0.39 is 0 Å². The number of likely N-dealkylation sites (tertiary alicyclic amines) is 1. The van der Waals surface area contributed by atoms with Crippen molar-refractivity contribution < 1.29 is 4.79 Å². The quantitative estimate of drug-likeness (QED) is 0.809. The first kappa shape index (κ1) is 15.9. The van der Waals surface area contributed by atoms with Crippen LogP contribution in [0.25, 0.3) is 0 Å². The summed E-state index contributed by atoms with van der Waals surface area (Å²) < 4.78 is 0. The van der Waals surface area contributed by atoms with Gasteiger partial charge >= 0.3 is 0 Å². The molecule has 120 valence electrons. The zero-order valence-electron chi connectivity index (χ0n) is 14.0. The maximum Gasteiger partial charge on any atom is 0.139 e. The molecular weight excluding hydrogens is 282 g/mol. The van der Waals surface area contributed by atoms with E-state index in [1.807, 2.05) is 12.1 Å². The molecule has 0 aromatic heterocycles. The second-order valence-corrected chi connectivity index (χ2v) is 6.51. The Morgan fingerprint density at radius 2 is 1.52 bits per heavy atom. The smallest absolute Gasteiger partial charge is 0.139 e. The van der Waals surface area contributed by atoms with E-state index in [1.54, 1.807) is 0 Å². The molecule has 1 saturated heterocycles. The highest BCUT2D eigenvalue weighted by molar-refractivity contribution is 5.83. The number of hydrogen-bond acceptors (Lipinski definition) is 2. The summed E-state index contributed by atoms with van der Waals surface area (Å²) in [5, 5.41) is 0. The minimum absolute atomic E-state index is 0.104. The Hall–Kier alpha value is -1.93. The van der Waals surface area contributed by atoms with Crippen molar-refractivity contribution in [1.29, 1.82) is 0 Å². The number of carbonyl (C=O) groups is 1. The summed E-state index contributed by atoms with van der Waals surface area (Å²) in [6.45, 7) is 2.17. The molecule has 3 atom stereocenters. The van der Waals surface area contributed by atoms with E-state index in [-0.39, 0.29) is 18.0 Å². The monoisotopic (exact) mass is 307 g/mol. The molecule has 2 nitrogen and oxygen atoms in total. The fourth-order valence-corrected chi connectivity index (χ4v) is 3.92. The lowest BCUT2D eigenvalue weighted by Crippen LogP contribution is -2.43. The van der Waals surface area contributed by atoms with Gasteiger partial charge in [0.2, 0.25) is 0 Å². The SMILES string of the molecule is CCC[C@@H]1C(=O)C[C@H](c2ccccc2)N(C)[C@@H]1c1ccccc1. The largest absolute Gasteiger partial charge is 0.299 e. The lowest BCUT2D eigenvalue weighted by atomic mass is 9.77. The van der Waals surface area contributed by atoms with Crippen LogP contribution in [0.15, 0.2) is 60.7 Å². The zero-order chi connectivity index (χ0) is 16.2. The molecule has 1 aliphatic rings. The van der Waals surface area contributed by atoms with Gasteiger partial charge in [-0.1, -0.05) is 74.0 Å². The molecule has 3 rings (SSSR count). The Balaban J connectivity index is 1.98. The molecule has 1 heterocycles. The van der Waals surface area contributed by atoms with Crippen LogP contribution in [0, 0.1) is 5.92 Å². The maximum absolute atomic E-state index is 12.9. The van der Waals surface area contributed by atoms with Gasteiger partial charge in [0.05, 0.1) is 0 Å². The molecule has 0 bridgehead atoms. The van der Waals surface area contributed by atoms with E-state index in [0.29, 0.717) is 12.2 Å². The third-order valence-corrected chi connectivity index (χ3v) is 5.04. The minimum Gasteiger partial charge on any atom is -0.299 e. The molecule has 1 aliphatic heterocycles. The van der Waals surface area contributed by atoms with E-state index in [0.717, 1.165) is 12.8 Å². The van der Waals surface area contributed by atoms with Crippen LogP contribution in [0.1, 0.15) is 49.4 Å². The molecule has 0 aliphatic carbocycles. The van der Waals surface area contributed by atoms with Gasteiger partial charge in [-0.3, -0.25) is 9.69 Å². The zero-order valence-corrected chi connectivity index (χ0v) is 14.0. The van der Waals surface area contributed by atoms with Crippen molar-refractivity contribution >= 4 is 5.78 Å². The summed E-state index contributed by atoms with van der Waals surface area (Å²) in [6.07, 6.45) is 2.63. The third-order valence-electron chi connectivity index (χ3n) is 5.04. The van der Waals surface area contributed by atoms with Crippen molar-refractivity contribution in [3.8, 4) is 0 Å². The number of piperidine rings is 1. The predicted octanol–water partition coefficient (Wildman–Crippen LogP) is 4.79. The number of ketones is 1. The average Bonchev–Trinajstić information content (AvgIpc) is 2.60. The number of nitrogens with zero attached hydrogens (tertiary/aromatic N) is 1. The van der Waals surface area contributed by atoms with E-state index in [9.17, 15) is 4.79 Å². The van der Waals surface area contributed by atoms with E-state index in [2.05, 4.69) is 67.4 Å². The molecule has 2 aromatic rings. The number of benzene rings is 2. The van der Waals surface area contributed by atoms with Crippen LogP contribution in [0.5, 0.6) is 0 Å². The highest BCUT2D eigenvalue weighted by Gasteiger charge is 2.41. The maximum atomic E-state index is 12.9. The number of carbonyl (C=O) groups excluding carboxylic acids is 1. The first-order chi connectivity index (χ1) is 11.2. The highest BCUT2D eigenvalue weighted by Crippen LogP contribution is 2.43. The molecule has 0 unspecified atom stereocenters. The number of Topliss-reactive ketones (excluding diaryl/α,β-unsaturated/α-hetero) is 1. The lowest BCUT2D eigenvalue weighted by Gasteiger charge is -2.44. The predicted molar refractivity (Wildman–Crippen MR) is 94.2 cm³/mol. The Kier molecular flexibility index (Phi) is 4.92. The first-order valence-electron chi connectivity index (χ1n) is 8.57. The summed E-state index contributed by atoms with van der Waals surface area (Å²) in [6, 6.07) is 21.3. The van der Waals surface area contributed by atoms with Gasteiger partial charge in [-0.25, -0.2) is 0 Å². The van der Waals surface area contributed by atoms with Crippen molar-refractivity contribution in [2.24, 2.45) is 5.92 Å². The van der Waals surface area contributed by atoms with Gasteiger partial charge in [0, 0.05) is 24.4 Å². The average molecular weight is 307 g/mol. The second-order valence-electron chi connectivity index (χ2n) is 6.51. The fraction of sp³-hybridized carbons (Fsp3) is 0.381. The fourth-order valence-electron chi connectivity index (χ4n) is 3.92. The van der Waals surface area contributed by atoms with Crippen LogP contribution < -0.4 is 0 Å². The van der Waals surface area contributed by atoms with Crippen LogP contribution >= 0.6 is 0 Å². The van der Waals surface area contributed by atoms with E-state index in [1.165, 1.54) is 11.1 Å². The molecule has 2 aromatic carbocycles. The minimum atomic E-state index is 0.104. The van der Waals surface area contributed by atoms with Crippen LogP contribution in [0.3, 0.4) is 0 Å². The summed E-state index contributed by atoms with van der Waals surface area (Å²) in [7, 11) is 2.17. The molecular formula is C21H25NO. The van der Waals surface area contributed by atoms with E-state index in [4.69, 9.17) is 0 Å². The van der Waals surface area contributed by atoms with Gasteiger partial charge < -0.3 is 0 Å². The summed E-state index contributed by atoms with van der Waals surface area (Å²) in [5.74, 6) is 0.514. The summed E-state index contributed by atoms with van der Waals surface area (Å²) in [5.41, 5.74) is 2.49. The van der Waals surface area contributed by atoms with Crippen LogP contribution in [-0.2, 0) is 4.79 Å². The van der Waals surface area contributed by atoms with Crippen molar-refractivity contribution in [2.45, 2.75) is 38.3 Å². The Labute approximate surface area is 139 Å². The highest BCUT2D eigenvalue weighted by atomic mass is 16.1. The van der Waals surface area contributed by atoms with E-state index >= 15 is 0 Å². The van der Waals surface area contributed by atoms with Crippen LogP contribution in [0.2, 0.25) is 0 Å². The topological polar surface area (TPSA) is 20.3 Å². The Morgan fingerprint density at radius 3 is 2.09 bits per heavy atom. The molecule has 0 radical (unpaired) electrons. The number of rotatable bonds is 4. The van der Waals surface area contributed by atoms with Crippen LogP contribution in [0.4, 0.5) is 0 Å². The summed E-state index contributed by atoms with van der Waals surface area (Å²) >= 11 is 0. The molecule has 1 fully saturated rings. The molecule has 23 heavy (non-hydrogen) atoms. The first-order valence-corrected chi connectivity index (χ1v) is 8.57. The van der Waals surface area contributed by atoms with Gasteiger partial charge in [-0.2, -0.15) is 0 Å². The Morgan fingerprint density at radius 1 is 0.957 bits per heavy atom. The van der Waals surface area contributed by atoms with Gasteiger partial charge in [0.15, 0.2) is 0 Å². The van der Waals surface area contributed by atoms with Crippen molar-refractivity contribution in [2.75, 3.05) is 7.05 Å². The van der Waals surface area contributed by atoms with Gasteiger partial charge in [-0.05, 0) is 24.6 Å². The molecule has 0 N–H and O–H groups in total. The van der Waals surface area contributed by atoms with Gasteiger partial charge in [0.1, 0.15) is 5.78 Å². The third kappa shape index (κ3) is 3.23. The molecule has 2 heteroatoms. The van der Waals surface area contributed by atoms with Crippen molar-refractivity contribution in [3.05, 3.63) is 71.8 Å². The Bertz CT molecular complexity index is 637. The lowest BCUT2D eigenvalue weighted by molar-refractivity contribution is -0.132.